The van der Waals surface area contributed by atoms with Gasteiger partial charge in [0.2, 0.25) is 5.91 Å². The van der Waals surface area contributed by atoms with Gasteiger partial charge >= 0.3 is 0 Å². The fourth-order valence-corrected chi connectivity index (χ4v) is 2.07. The Labute approximate surface area is 132 Å². The standard InChI is InChI=1S/C13H22N4O.2ClH/c1-10(2)13-15-4-6-17(13)5-3-12(18)16-9-11-7-14-8-11;;/h4,6,10-11,14H,3,5,7-9H2,1-2H3,(H,16,18);2*1H. The lowest BCUT2D eigenvalue weighted by Crippen LogP contribution is -2.48. The van der Waals surface area contributed by atoms with Crippen LogP contribution in [0, 0.1) is 5.92 Å². The lowest BCUT2D eigenvalue weighted by atomic mass is 10.0. The first kappa shape index (κ1) is 19.2. The van der Waals surface area contributed by atoms with E-state index in [0.29, 0.717) is 24.8 Å². The summed E-state index contributed by atoms with van der Waals surface area (Å²) in [6.07, 6.45) is 4.27. The van der Waals surface area contributed by atoms with Crippen LogP contribution in [0.2, 0.25) is 0 Å². The van der Waals surface area contributed by atoms with E-state index in [4.69, 9.17) is 0 Å². The Kier molecular flexibility index (Phi) is 8.85. The van der Waals surface area contributed by atoms with Crippen LogP contribution in [0.3, 0.4) is 0 Å². The number of halogens is 2. The Morgan fingerprint density at radius 3 is 2.75 bits per heavy atom. The summed E-state index contributed by atoms with van der Waals surface area (Å²) in [5, 5.41) is 6.18. The van der Waals surface area contributed by atoms with Crippen molar-refractivity contribution in [3.63, 3.8) is 0 Å². The molecule has 1 fully saturated rings. The second-order valence-electron chi connectivity index (χ2n) is 5.21. The Morgan fingerprint density at radius 1 is 1.50 bits per heavy atom. The Morgan fingerprint density at radius 2 is 2.20 bits per heavy atom. The predicted octanol–water partition coefficient (Wildman–Crippen LogP) is 1.58. The third-order valence-corrected chi connectivity index (χ3v) is 3.30. The highest BCUT2D eigenvalue weighted by atomic mass is 35.5. The van der Waals surface area contributed by atoms with Gasteiger partial charge in [0.05, 0.1) is 0 Å². The van der Waals surface area contributed by atoms with Gasteiger partial charge in [-0.3, -0.25) is 4.79 Å². The summed E-state index contributed by atoms with van der Waals surface area (Å²) in [4.78, 5) is 16.0. The minimum absolute atomic E-state index is 0. The maximum Gasteiger partial charge on any atom is 0.221 e. The molecular weight excluding hydrogens is 299 g/mol. The monoisotopic (exact) mass is 322 g/mol. The van der Waals surface area contributed by atoms with Gasteiger partial charge < -0.3 is 15.2 Å². The molecule has 1 aromatic rings. The molecule has 0 aromatic carbocycles. The first-order valence-corrected chi connectivity index (χ1v) is 6.65. The van der Waals surface area contributed by atoms with Gasteiger partial charge in [0.15, 0.2) is 0 Å². The molecule has 0 unspecified atom stereocenters. The van der Waals surface area contributed by atoms with Crippen LogP contribution in [-0.2, 0) is 11.3 Å². The van der Waals surface area contributed by atoms with Crippen LogP contribution in [0.5, 0.6) is 0 Å². The normalized spacial score (nSPS) is 14.2. The lowest BCUT2D eigenvalue weighted by molar-refractivity contribution is -0.121. The van der Waals surface area contributed by atoms with E-state index in [1.54, 1.807) is 6.20 Å². The SMILES string of the molecule is CC(C)c1nccn1CCC(=O)NCC1CNC1.Cl.Cl. The van der Waals surface area contributed by atoms with Gasteiger partial charge in [-0.1, -0.05) is 13.8 Å². The molecule has 1 aliphatic heterocycles. The van der Waals surface area contributed by atoms with E-state index in [0.717, 1.165) is 25.5 Å². The van der Waals surface area contributed by atoms with Crippen molar-refractivity contribution in [3.8, 4) is 0 Å². The van der Waals surface area contributed by atoms with Gasteiger partial charge in [0.25, 0.3) is 0 Å². The van der Waals surface area contributed by atoms with Crippen molar-refractivity contribution in [1.82, 2.24) is 20.2 Å². The smallest absolute Gasteiger partial charge is 0.221 e. The molecule has 2 N–H and O–H groups in total. The molecule has 0 saturated carbocycles. The Balaban J connectivity index is 0.00000180. The molecule has 0 bridgehead atoms. The van der Waals surface area contributed by atoms with Crippen molar-refractivity contribution in [2.45, 2.75) is 32.7 Å². The predicted molar refractivity (Wildman–Crippen MR) is 84.8 cm³/mol. The summed E-state index contributed by atoms with van der Waals surface area (Å²) >= 11 is 0. The highest BCUT2D eigenvalue weighted by molar-refractivity contribution is 5.85. The molecule has 1 saturated heterocycles. The third-order valence-electron chi connectivity index (χ3n) is 3.30. The molecule has 0 spiro atoms. The zero-order valence-corrected chi connectivity index (χ0v) is 13.6. The third kappa shape index (κ3) is 5.31. The van der Waals surface area contributed by atoms with Crippen LogP contribution in [0.25, 0.3) is 0 Å². The fourth-order valence-electron chi connectivity index (χ4n) is 2.07. The summed E-state index contributed by atoms with van der Waals surface area (Å²) in [6, 6.07) is 0. The van der Waals surface area contributed by atoms with Crippen LogP contribution in [0.1, 0.15) is 32.0 Å². The minimum Gasteiger partial charge on any atom is -0.356 e. The molecule has 20 heavy (non-hydrogen) atoms. The van der Waals surface area contributed by atoms with Crippen LogP contribution in [0.4, 0.5) is 0 Å². The van der Waals surface area contributed by atoms with Gasteiger partial charge in [-0.05, 0) is 0 Å². The number of nitrogens with one attached hydrogen (secondary N) is 2. The quantitative estimate of drug-likeness (QED) is 0.836. The van der Waals surface area contributed by atoms with Gasteiger partial charge in [-0.2, -0.15) is 0 Å². The highest BCUT2D eigenvalue weighted by Gasteiger charge is 2.17. The van der Waals surface area contributed by atoms with Gasteiger partial charge in [0.1, 0.15) is 5.82 Å². The summed E-state index contributed by atoms with van der Waals surface area (Å²) < 4.78 is 2.06. The van der Waals surface area contributed by atoms with Crippen LogP contribution in [0.15, 0.2) is 12.4 Å². The number of carbonyl (C=O) groups excluding carboxylic acids is 1. The Bertz CT molecular complexity index is 405. The molecular formula is C13H24Cl2N4O. The fraction of sp³-hybridized carbons (Fsp3) is 0.692. The van der Waals surface area contributed by atoms with E-state index in [1.165, 1.54) is 0 Å². The number of aromatic nitrogens is 2. The van der Waals surface area contributed by atoms with Crippen LogP contribution in [-0.4, -0.2) is 35.1 Å². The molecule has 0 aliphatic carbocycles. The second-order valence-corrected chi connectivity index (χ2v) is 5.21. The number of hydrogen-bond acceptors (Lipinski definition) is 3. The van der Waals surface area contributed by atoms with E-state index in [2.05, 4.69) is 34.0 Å². The average molecular weight is 323 g/mol. The van der Waals surface area contributed by atoms with Gasteiger partial charge in [-0.15, -0.1) is 24.8 Å². The lowest BCUT2D eigenvalue weighted by Gasteiger charge is -2.27. The molecule has 1 aliphatic rings. The van der Waals surface area contributed by atoms with Crippen molar-refractivity contribution >= 4 is 30.7 Å². The number of rotatable bonds is 6. The van der Waals surface area contributed by atoms with Crippen LogP contribution >= 0.6 is 24.8 Å². The first-order valence-electron chi connectivity index (χ1n) is 6.65. The number of imidazole rings is 1. The van der Waals surface area contributed by atoms with Crippen LogP contribution < -0.4 is 10.6 Å². The van der Waals surface area contributed by atoms with Crippen molar-refractivity contribution in [2.75, 3.05) is 19.6 Å². The number of carbonyl (C=O) groups is 1. The minimum atomic E-state index is 0. The first-order chi connectivity index (χ1) is 8.66. The zero-order chi connectivity index (χ0) is 13.0. The van der Waals surface area contributed by atoms with E-state index < -0.39 is 0 Å². The van der Waals surface area contributed by atoms with E-state index in [1.807, 2.05) is 6.20 Å². The van der Waals surface area contributed by atoms with Crippen molar-refractivity contribution in [2.24, 2.45) is 5.92 Å². The molecule has 116 valence electrons. The number of nitrogens with zero attached hydrogens (tertiary/aromatic N) is 2. The van der Waals surface area contributed by atoms with Crippen molar-refractivity contribution < 1.29 is 4.79 Å². The largest absolute Gasteiger partial charge is 0.356 e. The molecule has 2 rings (SSSR count). The maximum absolute atomic E-state index is 11.7. The highest BCUT2D eigenvalue weighted by Crippen LogP contribution is 2.11. The topological polar surface area (TPSA) is 59.0 Å². The van der Waals surface area contributed by atoms with Gasteiger partial charge in [-0.25, -0.2) is 4.98 Å². The van der Waals surface area contributed by atoms with Gasteiger partial charge in [0, 0.05) is 56.8 Å². The molecule has 7 heteroatoms. The second kappa shape index (κ2) is 9.21. The molecule has 0 atom stereocenters. The molecule has 5 nitrogen and oxygen atoms in total. The Hall–Kier alpha value is -0.780. The number of amides is 1. The summed E-state index contributed by atoms with van der Waals surface area (Å²) in [5.74, 6) is 2.19. The maximum atomic E-state index is 11.7. The summed E-state index contributed by atoms with van der Waals surface area (Å²) in [6.45, 7) is 7.79. The zero-order valence-electron chi connectivity index (χ0n) is 12.0. The summed E-state index contributed by atoms with van der Waals surface area (Å²) in [7, 11) is 0. The van der Waals surface area contributed by atoms with Crippen molar-refractivity contribution in [3.05, 3.63) is 18.2 Å². The van der Waals surface area contributed by atoms with E-state index in [9.17, 15) is 4.79 Å². The van der Waals surface area contributed by atoms with Crippen molar-refractivity contribution in [1.29, 1.82) is 0 Å². The molecule has 1 aromatic heterocycles. The number of aryl methyl sites for hydroxylation is 1. The van der Waals surface area contributed by atoms with E-state index >= 15 is 0 Å². The molecule has 1 amide bonds. The summed E-state index contributed by atoms with van der Waals surface area (Å²) in [5.41, 5.74) is 0. The average Bonchev–Trinajstić information content (AvgIpc) is 2.72. The number of hydrogen-bond donors (Lipinski definition) is 2. The molecule has 2 heterocycles. The van der Waals surface area contributed by atoms with E-state index in [-0.39, 0.29) is 30.7 Å². The molecule has 0 radical (unpaired) electrons.